The van der Waals surface area contributed by atoms with Crippen LogP contribution in [0.15, 0.2) is 30.3 Å². The molecule has 0 saturated carbocycles. The van der Waals surface area contributed by atoms with E-state index in [2.05, 4.69) is 29.2 Å². The molecule has 0 N–H and O–H groups in total. The molecule has 2 fully saturated rings. The van der Waals surface area contributed by atoms with E-state index in [0.717, 1.165) is 12.8 Å². The van der Waals surface area contributed by atoms with Gasteiger partial charge in [0.1, 0.15) is 6.23 Å². The number of nitrogens with zero attached hydrogens (tertiary/aromatic N) is 1. The molecule has 20 heavy (non-hydrogen) atoms. The maximum atomic E-state index is 11.7. The number of fused-ring (bicyclic) bond motifs is 1. The predicted octanol–water partition coefficient (Wildman–Crippen LogP) is 2.50. The van der Waals surface area contributed by atoms with Gasteiger partial charge >= 0.3 is 5.97 Å². The lowest BCUT2D eigenvalue weighted by atomic mass is 10.0. The molecule has 0 aromatic heterocycles. The van der Waals surface area contributed by atoms with Crippen LogP contribution in [0.5, 0.6) is 0 Å². The van der Waals surface area contributed by atoms with Gasteiger partial charge in [-0.15, -0.1) is 0 Å². The van der Waals surface area contributed by atoms with Gasteiger partial charge in [-0.05, 0) is 25.3 Å². The lowest BCUT2D eigenvalue weighted by Gasteiger charge is -2.28. The van der Waals surface area contributed by atoms with Crippen LogP contribution in [0.25, 0.3) is 0 Å². The van der Waals surface area contributed by atoms with Crippen molar-refractivity contribution in [3.8, 4) is 0 Å². The van der Waals surface area contributed by atoms with Crippen molar-refractivity contribution < 1.29 is 14.3 Å². The maximum absolute atomic E-state index is 11.7. The Labute approximate surface area is 119 Å². The monoisotopic (exact) mass is 275 g/mol. The molecule has 2 aliphatic rings. The average Bonchev–Trinajstić information content (AvgIpc) is 3.03. The molecule has 108 valence electrons. The SMILES string of the molecule is CCOC(=O)C[C@@H]1CC[C@H]2OC[C@H](c3ccccc3)N12. The highest BCUT2D eigenvalue weighted by atomic mass is 16.5. The third-order valence-corrected chi connectivity index (χ3v) is 4.20. The van der Waals surface area contributed by atoms with E-state index in [9.17, 15) is 4.79 Å². The summed E-state index contributed by atoms with van der Waals surface area (Å²) in [6.07, 6.45) is 2.65. The fraction of sp³-hybridized carbons (Fsp3) is 0.562. The Balaban J connectivity index is 1.73. The topological polar surface area (TPSA) is 38.8 Å². The van der Waals surface area contributed by atoms with E-state index in [1.807, 2.05) is 13.0 Å². The first-order chi connectivity index (χ1) is 9.79. The van der Waals surface area contributed by atoms with E-state index in [4.69, 9.17) is 9.47 Å². The molecule has 0 amide bonds. The van der Waals surface area contributed by atoms with Crippen molar-refractivity contribution in [2.24, 2.45) is 0 Å². The number of esters is 1. The highest BCUT2D eigenvalue weighted by Crippen LogP contribution is 2.40. The summed E-state index contributed by atoms with van der Waals surface area (Å²) < 4.78 is 11.0. The van der Waals surface area contributed by atoms with Crippen molar-refractivity contribution in [3.05, 3.63) is 35.9 Å². The number of carbonyl (C=O) groups is 1. The second-order valence-corrected chi connectivity index (χ2v) is 5.40. The van der Waals surface area contributed by atoms with Crippen molar-refractivity contribution in [2.75, 3.05) is 13.2 Å². The first-order valence-electron chi connectivity index (χ1n) is 7.39. The predicted molar refractivity (Wildman–Crippen MR) is 75.0 cm³/mol. The van der Waals surface area contributed by atoms with E-state index in [0.29, 0.717) is 19.6 Å². The van der Waals surface area contributed by atoms with Crippen LogP contribution in [0.1, 0.15) is 37.8 Å². The van der Waals surface area contributed by atoms with Crippen LogP contribution in [0.4, 0.5) is 0 Å². The molecule has 0 spiro atoms. The zero-order valence-electron chi connectivity index (χ0n) is 11.8. The van der Waals surface area contributed by atoms with Crippen LogP contribution in [0.2, 0.25) is 0 Å². The lowest BCUT2D eigenvalue weighted by Crippen LogP contribution is -2.36. The van der Waals surface area contributed by atoms with Gasteiger partial charge in [0.25, 0.3) is 0 Å². The Morgan fingerprint density at radius 2 is 2.15 bits per heavy atom. The van der Waals surface area contributed by atoms with Gasteiger partial charge in [0.05, 0.1) is 25.7 Å². The smallest absolute Gasteiger partial charge is 0.307 e. The highest BCUT2D eigenvalue weighted by molar-refractivity contribution is 5.70. The zero-order valence-corrected chi connectivity index (χ0v) is 11.8. The number of rotatable bonds is 4. The van der Waals surface area contributed by atoms with Crippen molar-refractivity contribution >= 4 is 5.97 Å². The van der Waals surface area contributed by atoms with Gasteiger partial charge < -0.3 is 9.47 Å². The zero-order chi connectivity index (χ0) is 13.9. The van der Waals surface area contributed by atoms with Crippen molar-refractivity contribution in [2.45, 2.75) is 44.5 Å². The molecule has 1 aromatic rings. The molecule has 0 aliphatic carbocycles. The van der Waals surface area contributed by atoms with Crippen LogP contribution < -0.4 is 0 Å². The number of hydrogen-bond donors (Lipinski definition) is 0. The third kappa shape index (κ3) is 2.58. The van der Waals surface area contributed by atoms with Crippen molar-refractivity contribution in [3.63, 3.8) is 0 Å². The summed E-state index contributed by atoms with van der Waals surface area (Å²) in [5, 5.41) is 0. The molecule has 0 unspecified atom stereocenters. The first kappa shape index (κ1) is 13.6. The number of carbonyl (C=O) groups excluding carboxylic acids is 1. The van der Waals surface area contributed by atoms with E-state index >= 15 is 0 Å². The van der Waals surface area contributed by atoms with Gasteiger partial charge in [-0.1, -0.05) is 30.3 Å². The summed E-state index contributed by atoms with van der Waals surface area (Å²) in [6.45, 7) is 3.02. The molecule has 4 heteroatoms. The van der Waals surface area contributed by atoms with E-state index in [-0.39, 0.29) is 24.3 Å². The third-order valence-electron chi connectivity index (χ3n) is 4.20. The van der Waals surface area contributed by atoms with Gasteiger partial charge in [-0.2, -0.15) is 0 Å². The summed E-state index contributed by atoms with van der Waals surface area (Å²) in [7, 11) is 0. The van der Waals surface area contributed by atoms with E-state index in [1.54, 1.807) is 0 Å². The molecule has 0 bridgehead atoms. The largest absolute Gasteiger partial charge is 0.466 e. The maximum Gasteiger partial charge on any atom is 0.307 e. The molecule has 2 saturated heterocycles. The summed E-state index contributed by atoms with van der Waals surface area (Å²) in [5.74, 6) is -0.100. The normalized spacial score (nSPS) is 29.4. The fourth-order valence-corrected chi connectivity index (χ4v) is 3.34. The van der Waals surface area contributed by atoms with Gasteiger partial charge in [0.15, 0.2) is 0 Å². The van der Waals surface area contributed by atoms with Crippen LogP contribution in [0.3, 0.4) is 0 Å². The summed E-state index contributed by atoms with van der Waals surface area (Å²) >= 11 is 0. The molecule has 4 nitrogen and oxygen atoms in total. The number of hydrogen-bond acceptors (Lipinski definition) is 4. The number of ether oxygens (including phenoxy) is 2. The molecule has 2 heterocycles. The van der Waals surface area contributed by atoms with Gasteiger partial charge in [-0.25, -0.2) is 0 Å². The van der Waals surface area contributed by atoms with Gasteiger partial charge in [-0.3, -0.25) is 9.69 Å². The minimum atomic E-state index is -0.100. The van der Waals surface area contributed by atoms with Gasteiger partial charge in [0.2, 0.25) is 0 Å². The Bertz CT molecular complexity index is 462. The quantitative estimate of drug-likeness (QED) is 0.791. The minimum absolute atomic E-state index is 0.100. The molecular formula is C16H21NO3. The van der Waals surface area contributed by atoms with Crippen LogP contribution in [0, 0.1) is 0 Å². The Morgan fingerprint density at radius 3 is 2.90 bits per heavy atom. The standard InChI is InChI=1S/C16H21NO3/c1-2-19-16(18)10-13-8-9-15-17(13)14(11-20-15)12-6-4-3-5-7-12/h3-7,13-15H,2,8-11H2,1H3/t13-,14+,15+/m0/s1. The summed E-state index contributed by atoms with van der Waals surface area (Å²) in [4.78, 5) is 14.1. The molecule has 0 radical (unpaired) electrons. The second-order valence-electron chi connectivity index (χ2n) is 5.40. The van der Waals surface area contributed by atoms with Crippen molar-refractivity contribution in [1.29, 1.82) is 0 Å². The minimum Gasteiger partial charge on any atom is -0.466 e. The summed E-state index contributed by atoms with van der Waals surface area (Å²) in [6, 6.07) is 10.9. The van der Waals surface area contributed by atoms with Crippen LogP contribution in [-0.4, -0.2) is 36.4 Å². The first-order valence-corrected chi connectivity index (χ1v) is 7.39. The second kappa shape index (κ2) is 5.94. The van der Waals surface area contributed by atoms with E-state index < -0.39 is 0 Å². The molecule has 3 rings (SSSR count). The Morgan fingerprint density at radius 1 is 1.35 bits per heavy atom. The highest BCUT2D eigenvalue weighted by Gasteiger charge is 2.44. The Kier molecular flexibility index (Phi) is 4.03. The van der Waals surface area contributed by atoms with Crippen molar-refractivity contribution in [1.82, 2.24) is 4.90 Å². The van der Waals surface area contributed by atoms with Crippen LogP contribution in [-0.2, 0) is 14.3 Å². The summed E-state index contributed by atoms with van der Waals surface area (Å²) in [5.41, 5.74) is 1.27. The molecule has 2 aliphatic heterocycles. The van der Waals surface area contributed by atoms with Crippen LogP contribution >= 0.6 is 0 Å². The van der Waals surface area contributed by atoms with E-state index in [1.165, 1.54) is 5.56 Å². The lowest BCUT2D eigenvalue weighted by molar-refractivity contribution is -0.144. The Hall–Kier alpha value is -1.39. The fourth-order valence-electron chi connectivity index (χ4n) is 3.34. The molecule has 1 aromatic carbocycles. The number of benzene rings is 1. The van der Waals surface area contributed by atoms with Gasteiger partial charge in [0, 0.05) is 6.04 Å². The molecule has 3 atom stereocenters. The average molecular weight is 275 g/mol. The molecular weight excluding hydrogens is 254 g/mol.